The quantitative estimate of drug-likeness (QED) is 0.554. The molecule has 2 rings (SSSR count). The highest BCUT2D eigenvalue weighted by Crippen LogP contribution is 2.23. The van der Waals surface area contributed by atoms with E-state index in [1.165, 1.54) is 30.4 Å². The van der Waals surface area contributed by atoms with E-state index in [2.05, 4.69) is 44.3 Å². The monoisotopic (exact) mass is 326 g/mol. The van der Waals surface area contributed by atoms with Crippen molar-refractivity contribution in [2.75, 3.05) is 0 Å². The Hall–Kier alpha value is -1.90. The summed E-state index contributed by atoms with van der Waals surface area (Å²) in [6.45, 7) is 8.71. The third-order valence-corrected chi connectivity index (χ3v) is 4.50. The van der Waals surface area contributed by atoms with Gasteiger partial charge >= 0.3 is 0 Å². The highest BCUT2D eigenvalue weighted by Gasteiger charge is 2.15. The lowest BCUT2D eigenvalue weighted by Gasteiger charge is -2.18. The average molecular weight is 326 g/mol. The maximum atomic E-state index is 12.3. The molecule has 1 aliphatic rings. The van der Waals surface area contributed by atoms with E-state index in [9.17, 15) is 4.79 Å². The number of amides is 1. The van der Waals surface area contributed by atoms with Gasteiger partial charge in [-0.2, -0.15) is 5.10 Å². The Labute approximate surface area is 146 Å². The van der Waals surface area contributed by atoms with Crippen LogP contribution >= 0.6 is 0 Å². The van der Waals surface area contributed by atoms with Crippen LogP contribution in [0.15, 0.2) is 41.0 Å². The molecule has 0 atom stereocenters. The van der Waals surface area contributed by atoms with E-state index < -0.39 is 0 Å². The number of unbranched alkanes of at least 4 members (excludes halogenated alkanes) is 2. The van der Waals surface area contributed by atoms with Gasteiger partial charge in [0.15, 0.2) is 0 Å². The van der Waals surface area contributed by atoms with Gasteiger partial charge in [-0.3, -0.25) is 4.79 Å². The Morgan fingerprint density at radius 2 is 1.88 bits per heavy atom. The van der Waals surface area contributed by atoms with Gasteiger partial charge in [0.05, 0.1) is 5.71 Å². The molecule has 0 aliphatic heterocycles. The van der Waals surface area contributed by atoms with Crippen LogP contribution in [0.25, 0.3) is 0 Å². The second-order valence-electron chi connectivity index (χ2n) is 7.55. The SMILES string of the molecule is CCCCCC1=CCCC1=NNC(=O)c1ccc(C(C)(C)C)cc1. The highest BCUT2D eigenvalue weighted by atomic mass is 16.2. The Bertz CT molecular complexity index is 618. The van der Waals surface area contributed by atoms with Crippen LogP contribution in [0.4, 0.5) is 0 Å². The molecule has 1 aromatic rings. The summed E-state index contributed by atoms with van der Waals surface area (Å²) >= 11 is 0. The van der Waals surface area contributed by atoms with E-state index in [1.807, 2.05) is 24.3 Å². The molecule has 1 aromatic carbocycles. The molecule has 130 valence electrons. The Morgan fingerprint density at radius 3 is 2.50 bits per heavy atom. The molecule has 0 saturated carbocycles. The fourth-order valence-corrected chi connectivity index (χ4v) is 2.91. The standard InChI is InChI=1S/C21H30N2O/c1-5-6-7-9-16-10-8-11-19(16)22-23-20(24)17-12-14-18(15-13-17)21(2,3)4/h10,12-15H,5-9,11H2,1-4H3,(H,23,24). The van der Waals surface area contributed by atoms with Crippen LogP contribution in [-0.4, -0.2) is 11.6 Å². The van der Waals surface area contributed by atoms with Gasteiger partial charge < -0.3 is 0 Å². The number of carbonyl (C=O) groups is 1. The molecule has 1 aliphatic carbocycles. The lowest BCUT2D eigenvalue weighted by Crippen LogP contribution is -2.20. The first-order chi connectivity index (χ1) is 11.4. The van der Waals surface area contributed by atoms with Crippen molar-refractivity contribution < 1.29 is 4.79 Å². The number of rotatable bonds is 6. The molecule has 3 nitrogen and oxygen atoms in total. The van der Waals surface area contributed by atoms with Gasteiger partial charge in [-0.1, -0.05) is 58.7 Å². The molecule has 0 saturated heterocycles. The molecule has 1 amide bonds. The normalized spacial score (nSPS) is 16.3. The van der Waals surface area contributed by atoms with Crippen LogP contribution in [0.5, 0.6) is 0 Å². The third-order valence-electron chi connectivity index (χ3n) is 4.50. The molecular formula is C21H30N2O. The van der Waals surface area contributed by atoms with E-state index in [4.69, 9.17) is 0 Å². The Kier molecular flexibility index (Phi) is 6.36. The molecule has 0 unspecified atom stereocenters. The lowest BCUT2D eigenvalue weighted by molar-refractivity contribution is 0.0954. The smallest absolute Gasteiger partial charge is 0.267 e. The number of nitrogens with one attached hydrogen (secondary N) is 1. The number of benzene rings is 1. The van der Waals surface area contributed by atoms with Crippen molar-refractivity contribution in [2.45, 2.75) is 71.6 Å². The van der Waals surface area contributed by atoms with Crippen LogP contribution in [0.2, 0.25) is 0 Å². The van der Waals surface area contributed by atoms with Crippen molar-refractivity contribution in [3.63, 3.8) is 0 Å². The van der Waals surface area contributed by atoms with Crippen molar-refractivity contribution in [1.29, 1.82) is 0 Å². The predicted octanol–water partition coefficient (Wildman–Crippen LogP) is 5.37. The van der Waals surface area contributed by atoms with E-state index >= 15 is 0 Å². The average Bonchev–Trinajstić information content (AvgIpc) is 2.99. The van der Waals surface area contributed by atoms with Crippen LogP contribution in [0, 0.1) is 0 Å². The topological polar surface area (TPSA) is 41.5 Å². The van der Waals surface area contributed by atoms with Crippen molar-refractivity contribution in [3.8, 4) is 0 Å². The molecule has 0 bridgehead atoms. The summed E-state index contributed by atoms with van der Waals surface area (Å²) in [5.74, 6) is -0.136. The summed E-state index contributed by atoms with van der Waals surface area (Å²) in [6.07, 6.45) is 8.98. The fraction of sp³-hybridized carbons (Fsp3) is 0.524. The van der Waals surface area contributed by atoms with Gasteiger partial charge in [-0.25, -0.2) is 5.43 Å². The maximum Gasteiger partial charge on any atom is 0.271 e. The first-order valence-electron chi connectivity index (χ1n) is 9.08. The van der Waals surface area contributed by atoms with Crippen molar-refractivity contribution in [1.82, 2.24) is 5.43 Å². The number of hydrogen-bond acceptors (Lipinski definition) is 2. The Balaban J connectivity index is 1.96. The highest BCUT2D eigenvalue weighted by molar-refractivity contribution is 6.03. The summed E-state index contributed by atoms with van der Waals surface area (Å²) < 4.78 is 0. The second kappa shape index (κ2) is 8.27. The molecule has 0 aromatic heterocycles. The molecule has 0 heterocycles. The fourth-order valence-electron chi connectivity index (χ4n) is 2.91. The molecule has 24 heavy (non-hydrogen) atoms. The molecule has 0 radical (unpaired) electrons. The van der Waals surface area contributed by atoms with Crippen LogP contribution in [-0.2, 0) is 5.41 Å². The van der Waals surface area contributed by atoms with Crippen LogP contribution < -0.4 is 5.43 Å². The van der Waals surface area contributed by atoms with Crippen LogP contribution in [0.3, 0.4) is 0 Å². The predicted molar refractivity (Wildman–Crippen MR) is 102 cm³/mol. The largest absolute Gasteiger partial charge is 0.271 e. The van der Waals surface area contributed by atoms with Gasteiger partial charge in [0.25, 0.3) is 5.91 Å². The number of nitrogens with zero attached hydrogens (tertiary/aromatic N) is 1. The van der Waals surface area contributed by atoms with Crippen molar-refractivity contribution >= 4 is 11.6 Å². The van der Waals surface area contributed by atoms with Gasteiger partial charge in [-0.05, 0) is 54.4 Å². The zero-order chi connectivity index (χ0) is 17.6. The van der Waals surface area contributed by atoms with E-state index in [0.29, 0.717) is 5.56 Å². The van der Waals surface area contributed by atoms with Gasteiger partial charge in [-0.15, -0.1) is 0 Å². The number of hydrazone groups is 1. The Morgan fingerprint density at radius 1 is 1.17 bits per heavy atom. The number of hydrogen-bond donors (Lipinski definition) is 1. The van der Waals surface area contributed by atoms with Crippen molar-refractivity contribution in [3.05, 3.63) is 47.0 Å². The summed E-state index contributed by atoms with van der Waals surface area (Å²) in [6, 6.07) is 7.80. The molecule has 3 heteroatoms. The minimum Gasteiger partial charge on any atom is -0.267 e. The minimum absolute atomic E-state index is 0.0945. The van der Waals surface area contributed by atoms with Crippen LogP contribution in [0.1, 0.15) is 82.1 Å². The number of carbonyl (C=O) groups excluding carboxylic acids is 1. The summed E-state index contributed by atoms with van der Waals surface area (Å²) in [5, 5.41) is 4.38. The molecule has 0 spiro atoms. The first-order valence-corrected chi connectivity index (χ1v) is 9.08. The number of allylic oxidation sites excluding steroid dienone is 2. The van der Waals surface area contributed by atoms with E-state index in [0.717, 1.165) is 25.0 Å². The minimum atomic E-state index is -0.136. The van der Waals surface area contributed by atoms with E-state index in [-0.39, 0.29) is 11.3 Å². The third kappa shape index (κ3) is 5.05. The molecule has 1 N–H and O–H groups in total. The second-order valence-corrected chi connectivity index (χ2v) is 7.55. The first kappa shape index (κ1) is 18.4. The lowest BCUT2D eigenvalue weighted by atomic mass is 9.87. The maximum absolute atomic E-state index is 12.3. The van der Waals surface area contributed by atoms with E-state index in [1.54, 1.807) is 0 Å². The zero-order valence-electron chi connectivity index (χ0n) is 15.5. The molecule has 0 fully saturated rings. The molecular weight excluding hydrogens is 296 g/mol. The van der Waals surface area contributed by atoms with Gasteiger partial charge in [0, 0.05) is 5.56 Å². The van der Waals surface area contributed by atoms with Gasteiger partial charge in [0.1, 0.15) is 0 Å². The summed E-state index contributed by atoms with van der Waals surface area (Å²) in [5.41, 5.74) is 7.06. The summed E-state index contributed by atoms with van der Waals surface area (Å²) in [7, 11) is 0. The summed E-state index contributed by atoms with van der Waals surface area (Å²) in [4.78, 5) is 12.3. The zero-order valence-corrected chi connectivity index (χ0v) is 15.5. The van der Waals surface area contributed by atoms with Crippen molar-refractivity contribution in [2.24, 2.45) is 5.10 Å². The van der Waals surface area contributed by atoms with Gasteiger partial charge in [0.2, 0.25) is 0 Å².